The van der Waals surface area contributed by atoms with Crippen LogP contribution in [0.3, 0.4) is 0 Å². The second-order valence-electron chi connectivity index (χ2n) is 12.0. The minimum absolute atomic E-state index is 0.0539. The van der Waals surface area contributed by atoms with Gasteiger partial charge in [-0.15, -0.1) is 0 Å². The first-order chi connectivity index (χ1) is 21.4. The van der Waals surface area contributed by atoms with Gasteiger partial charge in [0.15, 0.2) is 11.6 Å². The maximum Gasteiger partial charge on any atom is 0.261 e. The number of benzene rings is 3. The summed E-state index contributed by atoms with van der Waals surface area (Å²) < 4.78 is 20.7. The number of nitrogens with zero attached hydrogens (tertiary/aromatic N) is 5. The van der Waals surface area contributed by atoms with Gasteiger partial charge in [0.05, 0.1) is 18.2 Å². The zero-order valence-corrected chi connectivity index (χ0v) is 24.5. The van der Waals surface area contributed by atoms with Crippen molar-refractivity contribution in [2.45, 2.75) is 25.8 Å². The van der Waals surface area contributed by atoms with Crippen molar-refractivity contribution in [1.82, 2.24) is 14.9 Å². The van der Waals surface area contributed by atoms with E-state index >= 15 is 0 Å². The molecule has 2 fully saturated rings. The molecular weight excluding hydrogens is 559 g/mol. The minimum Gasteiger partial charge on any atom is -0.451 e. The van der Waals surface area contributed by atoms with Crippen LogP contribution in [0.2, 0.25) is 0 Å². The number of anilines is 3. The molecule has 3 aromatic carbocycles. The summed E-state index contributed by atoms with van der Waals surface area (Å²) in [5.41, 5.74) is 4.12. The third kappa shape index (κ3) is 5.48. The molecular formula is C34H33FN6O3. The van der Waals surface area contributed by atoms with Gasteiger partial charge in [-0.05, 0) is 66.9 Å². The Kier molecular flexibility index (Phi) is 7.21. The standard InChI is InChI=1S/C34H33FN6O3/c1-39(26-5-3-2-4-6-26)33(43)27-17-25(35)9-10-29(27)44-30-18-36-22-37-32(30)41-14-12-34(21-41)11-13-40(20-34)19-23-7-8-24-16-31(42)38-28(24)15-23/h2-10,15,17-18,22H,11-14,16,19-21H2,1H3,(H,38,42). The topological polar surface area (TPSA) is 90.9 Å². The summed E-state index contributed by atoms with van der Waals surface area (Å²) in [7, 11) is 1.65. The molecule has 1 spiro atoms. The maximum atomic E-state index is 14.4. The van der Waals surface area contributed by atoms with Crippen LogP contribution in [-0.4, -0.2) is 59.9 Å². The Bertz CT molecular complexity index is 1730. The average Bonchev–Trinajstić information content (AvgIpc) is 3.75. The highest BCUT2D eigenvalue weighted by Crippen LogP contribution is 2.43. The van der Waals surface area contributed by atoms with Gasteiger partial charge < -0.3 is 19.9 Å². The van der Waals surface area contributed by atoms with E-state index in [-0.39, 0.29) is 28.5 Å². The van der Waals surface area contributed by atoms with Crippen LogP contribution in [0.1, 0.15) is 34.3 Å². The van der Waals surface area contributed by atoms with Gasteiger partial charge in [-0.25, -0.2) is 14.4 Å². The molecule has 0 radical (unpaired) electrons. The molecule has 1 atom stereocenters. The molecule has 9 nitrogen and oxygen atoms in total. The Balaban J connectivity index is 1.06. The molecule has 1 unspecified atom stereocenters. The molecule has 2 saturated heterocycles. The van der Waals surface area contributed by atoms with Gasteiger partial charge in [-0.1, -0.05) is 30.3 Å². The number of ether oxygens (including phenoxy) is 1. The number of carbonyl (C=O) groups is 2. The first-order valence-electron chi connectivity index (χ1n) is 14.9. The third-order valence-electron chi connectivity index (χ3n) is 8.96. The lowest BCUT2D eigenvalue weighted by Crippen LogP contribution is -2.31. The highest BCUT2D eigenvalue weighted by Gasteiger charge is 2.44. The molecule has 3 aliphatic heterocycles. The molecule has 1 aromatic heterocycles. The molecule has 7 rings (SSSR count). The smallest absolute Gasteiger partial charge is 0.261 e. The Morgan fingerprint density at radius 3 is 2.75 bits per heavy atom. The van der Waals surface area contributed by atoms with Crippen molar-refractivity contribution in [3.63, 3.8) is 0 Å². The first-order valence-corrected chi connectivity index (χ1v) is 14.9. The predicted octanol–water partition coefficient (Wildman–Crippen LogP) is 5.28. The average molecular weight is 593 g/mol. The van der Waals surface area contributed by atoms with E-state index in [1.807, 2.05) is 30.3 Å². The summed E-state index contributed by atoms with van der Waals surface area (Å²) in [6.45, 7) is 4.45. The van der Waals surface area contributed by atoms with E-state index in [0.717, 1.165) is 56.8 Å². The Morgan fingerprint density at radius 2 is 1.89 bits per heavy atom. The minimum atomic E-state index is -0.524. The zero-order valence-electron chi connectivity index (χ0n) is 24.5. The highest BCUT2D eigenvalue weighted by atomic mass is 19.1. The normalized spacial score (nSPS) is 19.3. The number of carbonyl (C=O) groups excluding carboxylic acids is 2. The molecule has 4 heterocycles. The van der Waals surface area contributed by atoms with Gasteiger partial charge in [0.2, 0.25) is 5.91 Å². The molecule has 0 bridgehead atoms. The number of aromatic nitrogens is 2. The fourth-order valence-electron chi connectivity index (χ4n) is 6.68. The van der Waals surface area contributed by atoms with E-state index < -0.39 is 5.82 Å². The van der Waals surface area contributed by atoms with E-state index in [1.165, 1.54) is 35.0 Å². The number of halogens is 1. The van der Waals surface area contributed by atoms with Crippen LogP contribution in [0.5, 0.6) is 11.5 Å². The predicted molar refractivity (Wildman–Crippen MR) is 166 cm³/mol. The number of hydrogen-bond acceptors (Lipinski definition) is 7. The van der Waals surface area contributed by atoms with Crippen LogP contribution in [0.25, 0.3) is 0 Å². The van der Waals surface area contributed by atoms with E-state index in [9.17, 15) is 14.0 Å². The van der Waals surface area contributed by atoms with Gasteiger partial charge in [-0.3, -0.25) is 14.5 Å². The highest BCUT2D eigenvalue weighted by molar-refractivity contribution is 6.07. The van der Waals surface area contributed by atoms with Gasteiger partial charge in [0.25, 0.3) is 5.91 Å². The van der Waals surface area contributed by atoms with Crippen LogP contribution in [-0.2, 0) is 17.8 Å². The van der Waals surface area contributed by atoms with Crippen molar-refractivity contribution in [3.05, 3.63) is 102 Å². The van der Waals surface area contributed by atoms with Gasteiger partial charge >= 0.3 is 0 Å². The van der Waals surface area contributed by atoms with Crippen LogP contribution in [0, 0.1) is 11.2 Å². The van der Waals surface area contributed by atoms with Crippen LogP contribution in [0.15, 0.2) is 79.3 Å². The summed E-state index contributed by atoms with van der Waals surface area (Å²) in [5.74, 6) is 0.455. The molecule has 0 saturated carbocycles. The van der Waals surface area contributed by atoms with Crippen molar-refractivity contribution in [3.8, 4) is 11.5 Å². The molecule has 10 heteroatoms. The fraction of sp³-hybridized carbons (Fsp3) is 0.294. The van der Waals surface area contributed by atoms with E-state index in [4.69, 9.17) is 4.74 Å². The SMILES string of the molecule is CN(C(=O)c1cc(F)ccc1Oc1cncnc1N1CCC2(CCN(Cc3ccc4c(c3)NC(=O)C4)C2)C1)c1ccccc1. The molecule has 0 aliphatic carbocycles. The monoisotopic (exact) mass is 592 g/mol. The fourth-order valence-corrected chi connectivity index (χ4v) is 6.68. The molecule has 1 N–H and O–H groups in total. The Labute approximate surface area is 255 Å². The number of hydrogen-bond donors (Lipinski definition) is 1. The first kappa shape index (κ1) is 28.0. The molecule has 2 amide bonds. The molecule has 44 heavy (non-hydrogen) atoms. The summed E-state index contributed by atoms with van der Waals surface area (Å²) >= 11 is 0. The molecule has 224 valence electrons. The van der Waals surface area contributed by atoms with Crippen LogP contribution in [0.4, 0.5) is 21.6 Å². The lowest BCUT2D eigenvalue weighted by molar-refractivity contribution is -0.115. The van der Waals surface area contributed by atoms with Gasteiger partial charge in [0, 0.05) is 50.0 Å². The number of nitrogens with one attached hydrogen (secondary N) is 1. The third-order valence-corrected chi connectivity index (χ3v) is 8.96. The van der Waals surface area contributed by atoms with Gasteiger partial charge in [0.1, 0.15) is 17.9 Å². The lowest BCUT2D eigenvalue weighted by Gasteiger charge is -2.26. The van der Waals surface area contributed by atoms with E-state index in [2.05, 4.69) is 43.3 Å². The number of amides is 2. The Morgan fingerprint density at radius 1 is 1.05 bits per heavy atom. The van der Waals surface area contributed by atoms with E-state index in [1.54, 1.807) is 13.2 Å². The summed E-state index contributed by atoms with van der Waals surface area (Å²) in [5, 5.41) is 2.96. The summed E-state index contributed by atoms with van der Waals surface area (Å²) in [4.78, 5) is 40.2. The largest absolute Gasteiger partial charge is 0.451 e. The number of rotatable bonds is 7. The maximum absolute atomic E-state index is 14.4. The number of likely N-dealkylation sites (tertiary alicyclic amines) is 1. The second-order valence-corrected chi connectivity index (χ2v) is 12.0. The van der Waals surface area contributed by atoms with Crippen LogP contribution < -0.4 is 19.9 Å². The molecule has 4 aromatic rings. The zero-order chi connectivity index (χ0) is 30.3. The Hall–Kier alpha value is -4.83. The number of para-hydroxylation sites is 1. The van der Waals surface area contributed by atoms with Gasteiger partial charge in [-0.2, -0.15) is 0 Å². The van der Waals surface area contributed by atoms with Crippen molar-refractivity contribution >= 4 is 29.0 Å². The lowest BCUT2D eigenvalue weighted by atomic mass is 9.86. The second kappa shape index (κ2) is 11.3. The van der Waals surface area contributed by atoms with Crippen molar-refractivity contribution in [2.75, 3.05) is 48.3 Å². The van der Waals surface area contributed by atoms with Crippen LogP contribution >= 0.6 is 0 Å². The van der Waals surface area contributed by atoms with E-state index in [0.29, 0.717) is 23.7 Å². The summed E-state index contributed by atoms with van der Waals surface area (Å²) in [6, 6.07) is 19.4. The molecule has 3 aliphatic rings. The number of fused-ring (bicyclic) bond motifs is 1. The van der Waals surface area contributed by atoms with Crippen molar-refractivity contribution in [2.24, 2.45) is 5.41 Å². The summed E-state index contributed by atoms with van der Waals surface area (Å²) in [6.07, 6.45) is 5.65. The van der Waals surface area contributed by atoms with Crippen molar-refractivity contribution in [1.29, 1.82) is 0 Å². The van der Waals surface area contributed by atoms with Crippen molar-refractivity contribution < 1.29 is 18.7 Å². The quantitative estimate of drug-likeness (QED) is 0.312.